The second kappa shape index (κ2) is 8.83. The summed E-state index contributed by atoms with van der Waals surface area (Å²) in [6, 6.07) is 5.61. The summed E-state index contributed by atoms with van der Waals surface area (Å²) in [6.45, 7) is 5.78. The molecule has 3 saturated heterocycles. The van der Waals surface area contributed by atoms with E-state index >= 15 is 0 Å². The van der Waals surface area contributed by atoms with Crippen LogP contribution in [-0.4, -0.2) is 58.6 Å². The van der Waals surface area contributed by atoms with Crippen LogP contribution in [0.2, 0.25) is 0 Å². The smallest absolute Gasteiger partial charge is 0.317 e. The van der Waals surface area contributed by atoms with Gasteiger partial charge in [0.1, 0.15) is 6.04 Å². The van der Waals surface area contributed by atoms with Gasteiger partial charge in [-0.3, -0.25) is 24.0 Å². The van der Waals surface area contributed by atoms with Gasteiger partial charge >= 0.3 is 5.69 Å². The Morgan fingerprint density at radius 2 is 1.72 bits per heavy atom. The zero-order valence-corrected chi connectivity index (χ0v) is 18.8. The van der Waals surface area contributed by atoms with E-state index in [0.29, 0.717) is 12.3 Å². The lowest BCUT2D eigenvalue weighted by atomic mass is 9.88. The molecule has 8 heteroatoms. The number of carbonyl (C=O) groups excluding carboxylic acids is 2. The molecule has 2 amide bonds. The number of aryl methyl sites for hydroxylation is 1. The fraction of sp³-hybridized carbons (Fsp3) is 0.625. The molecule has 5 rings (SSSR count). The van der Waals surface area contributed by atoms with Crippen LogP contribution >= 0.6 is 0 Å². The number of imidazole rings is 1. The number of hydrogen-bond acceptors (Lipinski definition) is 5. The molecule has 3 aliphatic rings. The van der Waals surface area contributed by atoms with Gasteiger partial charge in [0, 0.05) is 20.0 Å². The summed E-state index contributed by atoms with van der Waals surface area (Å²) >= 11 is 0. The zero-order chi connectivity index (χ0) is 22.2. The first-order valence-corrected chi connectivity index (χ1v) is 12.0. The SMILES string of the molecule is Cn1c(=O)n(C2CCC(=O)NC2=O)c2ccc(C3CCN(CC4CCNCC4)CC3)cc21. The van der Waals surface area contributed by atoms with Crippen molar-refractivity contribution >= 4 is 22.8 Å². The first kappa shape index (κ1) is 21.4. The van der Waals surface area contributed by atoms with E-state index in [9.17, 15) is 14.4 Å². The van der Waals surface area contributed by atoms with Crippen LogP contribution in [0.1, 0.15) is 56.0 Å². The second-order valence-corrected chi connectivity index (χ2v) is 9.69. The number of nitrogens with zero attached hydrogens (tertiary/aromatic N) is 3. The zero-order valence-electron chi connectivity index (χ0n) is 18.8. The molecule has 0 saturated carbocycles. The van der Waals surface area contributed by atoms with Crippen LogP contribution in [0.4, 0.5) is 0 Å². The van der Waals surface area contributed by atoms with E-state index in [1.165, 1.54) is 24.9 Å². The van der Waals surface area contributed by atoms with E-state index in [2.05, 4.69) is 27.7 Å². The maximum absolute atomic E-state index is 13.0. The van der Waals surface area contributed by atoms with Gasteiger partial charge in [0.25, 0.3) is 0 Å². The Morgan fingerprint density at radius 3 is 2.44 bits per heavy atom. The van der Waals surface area contributed by atoms with Gasteiger partial charge in [-0.15, -0.1) is 0 Å². The highest BCUT2D eigenvalue weighted by molar-refractivity contribution is 6.00. The van der Waals surface area contributed by atoms with Crippen LogP contribution in [-0.2, 0) is 16.6 Å². The van der Waals surface area contributed by atoms with Gasteiger partial charge in [-0.2, -0.15) is 0 Å². The summed E-state index contributed by atoms with van der Waals surface area (Å²) in [5, 5.41) is 5.82. The largest absolute Gasteiger partial charge is 0.329 e. The van der Waals surface area contributed by atoms with Crippen LogP contribution in [0.25, 0.3) is 11.0 Å². The predicted molar refractivity (Wildman–Crippen MR) is 123 cm³/mol. The van der Waals surface area contributed by atoms with Crippen molar-refractivity contribution in [3.63, 3.8) is 0 Å². The number of amides is 2. The third-order valence-corrected chi connectivity index (χ3v) is 7.67. The molecular formula is C24H33N5O3. The minimum absolute atomic E-state index is 0.205. The van der Waals surface area contributed by atoms with E-state index in [0.717, 1.165) is 56.0 Å². The molecule has 1 unspecified atom stereocenters. The first-order chi connectivity index (χ1) is 15.5. The van der Waals surface area contributed by atoms with E-state index in [1.807, 2.05) is 6.07 Å². The average molecular weight is 440 g/mol. The van der Waals surface area contributed by atoms with Crippen molar-refractivity contribution < 1.29 is 9.59 Å². The standard InChI is InChI=1S/C24H33N5O3/c1-27-21-14-18(17-8-12-28(13-9-17)15-16-6-10-25-11-7-16)2-3-19(21)29(24(27)32)20-4-5-22(30)26-23(20)31/h2-3,14,16-17,20,25H,4-13,15H2,1H3,(H,26,30,31). The molecule has 172 valence electrons. The fourth-order valence-corrected chi connectivity index (χ4v) is 5.74. The van der Waals surface area contributed by atoms with Crippen molar-refractivity contribution in [3.05, 3.63) is 34.2 Å². The highest BCUT2D eigenvalue weighted by atomic mass is 16.2. The number of nitrogens with one attached hydrogen (secondary N) is 2. The van der Waals surface area contributed by atoms with Crippen molar-refractivity contribution in [1.82, 2.24) is 24.7 Å². The van der Waals surface area contributed by atoms with E-state index in [4.69, 9.17) is 0 Å². The predicted octanol–water partition coefficient (Wildman–Crippen LogP) is 1.50. The Bertz CT molecular complexity index is 1070. The summed E-state index contributed by atoms with van der Waals surface area (Å²) in [5.74, 6) is 0.665. The number of carbonyl (C=O) groups is 2. The van der Waals surface area contributed by atoms with Gasteiger partial charge in [0.15, 0.2) is 0 Å². The summed E-state index contributed by atoms with van der Waals surface area (Å²) in [6.07, 6.45) is 5.47. The number of hydrogen-bond donors (Lipinski definition) is 2. The summed E-state index contributed by atoms with van der Waals surface area (Å²) in [4.78, 5) is 39.5. The monoisotopic (exact) mass is 439 g/mol. The van der Waals surface area contributed by atoms with Crippen molar-refractivity contribution in [1.29, 1.82) is 0 Å². The van der Waals surface area contributed by atoms with Crippen LogP contribution < -0.4 is 16.3 Å². The Kier molecular flexibility index (Phi) is 5.90. The number of benzene rings is 1. The van der Waals surface area contributed by atoms with Crippen molar-refractivity contribution in [2.24, 2.45) is 13.0 Å². The van der Waals surface area contributed by atoms with Gasteiger partial charge in [-0.1, -0.05) is 6.07 Å². The molecule has 0 spiro atoms. The lowest BCUT2D eigenvalue weighted by Gasteiger charge is -2.35. The average Bonchev–Trinajstić information content (AvgIpc) is 3.05. The molecule has 3 fully saturated rings. The normalized spacial score (nSPS) is 24.2. The van der Waals surface area contributed by atoms with E-state index in [1.54, 1.807) is 16.2 Å². The topological polar surface area (TPSA) is 88.4 Å². The molecule has 2 N–H and O–H groups in total. The van der Waals surface area contributed by atoms with E-state index < -0.39 is 6.04 Å². The minimum Gasteiger partial charge on any atom is -0.317 e. The Labute approximate surface area is 187 Å². The minimum atomic E-state index is -0.632. The van der Waals surface area contributed by atoms with Crippen LogP contribution in [0.5, 0.6) is 0 Å². The molecule has 3 aliphatic heterocycles. The lowest BCUT2D eigenvalue weighted by molar-refractivity contribution is -0.135. The molecule has 1 atom stereocenters. The van der Waals surface area contributed by atoms with Crippen LogP contribution in [0.15, 0.2) is 23.0 Å². The quantitative estimate of drug-likeness (QED) is 0.705. The second-order valence-electron chi connectivity index (χ2n) is 9.69. The van der Waals surface area contributed by atoms with Gasteiger partial charge in [-0.05, 0) is 87.8 Å². The number of fused-ring (bicyclic) bond motifs is 1. The van der Waals surface area contributed by atoms with E-state index in [-0.39, 0.29) is 23.9 Å². The van der Waals surface area contributed by atoms with Crippen molar-refractivity contribution in [3.8, 4) is 0 Å². The first-order valence-electron chi connectivity index (χ1n) is 12.0. The van der Waals surface area contributed by atoms with Crippen LogP contribution in [0, 0.1) is 5.92 Å². The lowest BCUT2D eigenvalue weighted by Crippen LogP contribution is -2.44. The van der Waals surface area contributed by atoms with Gasteiger partial charge in [0.05, 0.1) is 11.0 Å². The fourth-order valence-electron chi connectivity index (χ4n) is 5.74. The Morgan fingerprint density at radius 1 is 0.969 bits per heavy atom. The maximum atomic E-state index is 13.0. The third kappa shape index (κ3) is 4.01. The molecule has 8 nitrogen and oxygen atoms in total. The highest BCUT2D eigenvalue weighted by Gasteiger charge is 2.31. The third-order valence-electron chi connectivity index (χ3n) is 7.67. The van der Waals surface area contributed by atoms with Gasteiger partial charge in [0.2, 0.25) is 11.8 Å². The van der Waals surface area contributed by atoms with Crippen molar-refractivity contribution in [2.75, 3.05) is 32.7 Å². The molecule has 4 heterocycles. The molecule has 1 aromatic carbocycles. The molecule has 1 aromatic heterocycles. The Hall–Kier alpha value is -2.45. The number of rotatable bonds is 4. The molecular weight excluding hydrogens is 406 g/mol. The Balaban J connectivity index is 1.32. The number of likely N-dealkylation sites (tertiary alicyclic amines) is 1. The molecule has 2 aromatic rings. The van der Waals surface area contributed by atoms with Crippen LogP contribution in [0.3, 0.4) is 0 Å². The van der Waals surface area contributed by atoms with Gasteiger partial charge in [-0.25, -0.2) is 4.79 Å². The summed E-state index contributed by atoms with van der Waals surface area (Å²) in [7, 11) is 1.76. The summed E-state index contributed by atoms with van der Waals surface area (Å²) < 4.78 is 3.19. The highest BCUT2D eigenvalue weighted by Crippen LogP contribution is 2.32. The molecule has 32 heavy (non-hydrogen) atoms. The number of imide groups is 1. The van der Waals surface area contributed by atoms with Gasteiger partial charge < -0.3 is 10.2 Å². The molecule has 0 aliphatic carbocycles. The number of aromatic nitrogens is 2. The number of piperidine rings is 3. The molecule has 0 bridgehead atoms. The summed E-state index contributed by atoms with van der Waals surface area (Å²) in [5.41, 5.74) is 2.69. The molecule has 0 radical (unpaired) electrons. The maximum Gasteiger partial charge on any atom is 0.329 e. The van der Waals surface area contributed by atoms with Crippen molar-refractivity contribution in [2.45, 2.75) is 50.5 Å².